The first-order chi connectivity index (χ1) is 19.9. The second-order valence-electron chi connectivity index (χ2n) is 8.89. The van der Waals surface area contributed by atoms with Gasteiger partial charge >= 0.3 is 11.7 Å². The van der Waals surface area contributed by atoms with Crippen molar-refractivity contribution in [2.45, 2.75) is 13.0 Å². The van der Waals surface area contributed by atoms with Crippen LogP contribution in [-0.4, -0.2) is 36.3 Å². The zero-order chi connectivity index (χ0) is 29.1. The van der Waals surface area contributed by atoms with Crippen molar-refractivity contribution in [2.75, 3.05) is 20.8 Å². The van der Waals surface area contributed by atoms with E-state index in [4.69, 9.17) is 19.2 Å². The van der Waals surface area contributed by atoms with E-state index in [0.717, 1.165) is 11.3 Å². The molecule has 1 aliphatic heterocycles. The van der Waals surface area contributed by atoms with Crippen LogP contribution >= 0.6 is 11.3 Å². The Labute approximate surface area is 238 Å². The van der Waals surface area contributed by atoms with Crippen molar-refractivity contribution in [1.29, 1.82) is 0 Å². The van der Waals surface area contributed by atoms with Crippen LogP contribution < -0.4 is 24.4 Å². The zero-order valence-electron chi connectivity index (χ0n) is 22.4. The molecule has 41 heavy (non-hydrogen) atoms. The molecular formula is C30H25N3O7S. The Hall–Kier alpha value is -5.03. The molecular weight excluding hydrogens is 546 g/mol. The average Bonchev–Trinajstić information content (AvgIpc) is 3.30. The molecule has 0 N–H and O–H groups in total. The number of aromatic nitrogens is 1. The van der Waals surface area contributed by atoms with E-state index in [0.29, 0.717) is 37.5 Å². The number of esters is 1. The second kappa shape index (κ2) is 11.6. The van der Waals surface area contributed by atoms with Gasteiger partial charge in [0.1, 0.15) is 5.75 Å². The van der Waals surface area contributed by atoms with E-state index in [-0.39, 0.29) is 23.6 Å². The molecule has 2 heterocycles. The van der Waals surface area contributed by atoms with Crippen LogP contribution in [0.5, 0.6) is 11.5 Å². The highest BCUT2D eigenvalue weighted by Crippen LogP contribution is 2.35. The third-order valence-electron chi connectivity index (χ3n) is 6.50. The number of ether oxygens (including phenoxy) is 3. The van der Waals surface area contributed by atoms with Crippen molar-refractivity contribution in [3.63, 3.8) is 0 Å². The highest BCUT2D eigenvalue weighted by molar-refractivity contribution is 7.07. The summed E-state index contributed by atoms with van der Waals surface area (Å²) in [7, 11) is 2.91. The molecule has 0 saturated carbocycles. The summed E-state index contributed by atoms with van der Waals surface area (Å²) in [6.45, 7) is 1.85. The van der Waals surface area contributed by atoms with Crippen LogP contribution in [0.2, 0.25) is 0 Å². The minimum Gasteiger partial charge on any atom is -0.497 e. The van der Waals surface area contributed by atoms with Crippen LogP contribution in [-0.2, 0) is 9.53 Å². The van der Waals surface area contributed by atoms with E-state index in [9.17, 15) is 19.7 Å². The number of rotatable bonds is 8. The molecule has 0 unspecified atom stereocenters. The molecule has 1 aromatic heterocycles. The molecule has 1 atom stereocenters. The van der Waals surface area contributed by atoms with Crippen molar-refractivity contribution in [3.8, 4) is 11.5 Å². The van der Waals surface area contributed by atoms with Gasteiger partial charge in [0.25, 0.3) is 5.56 Å². The van der Waals surface area contributed by atoms with E-state index < -0.39 is 22.5 Å². The minimum absolute atomic E-state index is 0.111. The third-order valence-corrected chi connectivity index (χ3v) is 7.49. The Kier molecular flexibility index (Phi) is 7.79. The van der Waals surface area contributed by atoms with Crippen LogP contribution in [0.1, 0.15) is 29.7 Å². The van der Waals surface area contributed by atoms with Gasteiger partial charge in [0, 0.05) is 11.6 Å². The molecule has 3 aromatic carbocycles. The first kappa shape index (κ1) is 27.5. The third kappa shape index (κ3) is 5.27. The maximum Gasteiger partial charge on any atom is 0.338 e. The molecule has 5 rings (SSSR count). The number of carbonyl (C=O) groups excluding carboxylic acids is 1. The highest BCUT2D eigenvalue weighted by atomic mass is 32.1. The first-order valence-electron chi connectivity index (χ1n) is 12.6. The summed E-state index contributed by atoms with van der Waals surface area (Å²) in [5, 5.41) is 11.6. The minimum atomic E-state index is -0.848. The van der Waals surface area contributed by atoms with Crippen molar-refractivity contribution >= 4 is 34.8 Å². The fraction of sp³-hybridized carbons (Fsp3) is 0.167. The van der Waals surface area contributed by atoms with Gasteiger partial charge in [-0.25, -0.2) is 9.79 Å². The van der Waals surface area contributed by atoms with Crippen molar-refractivity contribution in [1.82, 2.24) is 4.57 Å². The van der Waals surface area contributed by atoms with E-state index in [1.807, 2.05) is 30.3 Å². The Balaban J connectivity index is 1.79. The molecule has 0 aliphatic carbocycles. The number of benzene rings is 3. The number of fused-ring (bicyclic) bond motifs is 1. The molecule has 1 aliphatic rings. The fourth-order valence-electron chi connectivity index (χ4n) is 4.63. The maximum atomic E-state index is 14.0. The van der Waals surface area contributed by atoms with Crippen LogP contribution in [0.15, 0.2) is 88.2 Å². The number of methoxy groups -OCH3 is 2. The van der Waals surface area contributed by atoms with Crippen LogP contribution in [0.3, 0.4) is 0 Å². The number of nitrogens with zero attached hydrogens (tertiary/aromatic N) is 3. The molecule has 0 saturated heterocycles. The summed E-state index contributed by atoms with van der Waals surface area (Å²) in [4.78, 5) is 43.6. The Bertz CT molecular complexity index is 1840. The van der Waals surface area contributed by atoms with Gasteiger partial charge in [-0.1, -0.05) is 59.9 Å². The van der Waals surface area contributed by atoms with Gasteiger partial charge in [-0.3, -0.25) is 19.5 Å². The standard InChI is InChI=1S/C30H25N3O7S/c1-4-40-29(35)25-26(19-8-6-5-7-9-19)31-30-32(27(25)20-11-13-21(38-2)14-12-20)28(34)24(41-30)17-18-10-15-23(39-3)22(16-18)33(36)37/h5-17,27H,4H2,1-3H3/b24-17-/t27-/m1/s1. The van der Waals surface area contributed by atoms with Crippen molar-refractivity contribution in [2.24, 2.45) is 4.99 Å². The predicted molar refractivity (Wildman–Crippen MR) is 154 cm³/mol. The van der Waals surface area contributed by atoms with Crippen LogP contribution in [0, 0.1) is 10.1 Å². The molecule has 4 aromatic rings. The molecule has 0 radical (unpaired) electrons. The monoisotopic (exact) mass is 571 g/mol. The highest BCUT2D eigenvalue weighted by Gasteiger charge is 2.35. The van der Waals surface area contributed by atoms with Crippen molar-refractivity contribution < 1.29 is 23.9 Å². The first-order valence-corrected chi connectivity index (χ1v) is 13.4. The molecule has 0 fully saturated rings. The molecule has 0 bridgehead atoms. The lowest BCUT2D eigenvalue weighted by atomic mass is 9.93. The van der Waals surface area contributed by atoms with Gasteiger partial charge in [-0.05, 0) is 42.3 Å². The molecule has 10 nitrogen and oxygen atoms in total. The Morgan fingerprint density at radius 2 is 1.80 bits per heavy atom. The topological polar surface area (TPSA) is 122 Å². The number of carbonyl (C=O) groups is 1. The van der Waals surface area contributed by atoms with Gasteiger partial charge in [0.15, 0.2) is 10.6 Å². The quantitative estimate of drug-likeness (QED) is 0.179. The average molecular weight is 572 g/mol. The molecule has 0 spiro atoms. The van der Waals surface area contributed by atoms with E-state index in [1.165, 1.54) is 23.8 Å². The van der Waals surface area contributed by atoms with Gasteiger partial charge < -0.3 is 14.2 Å². The van der Waals surface area contributed by atoms with E-state index in [2.05, 4.69) is 0 Å². The maximum absolute atomic E-state index is 14.0. The molecule has 0 amide bonds. The van der Waals surface area contributed by atoms with Crippen LogP contribution in [0.4, 0.5) is 5.69 Å². The fourth-order valence-corrected chi connectivity index (χ4v) is 5.63. The lowest BCUT2D eigenvalue weighted by Crippen LogP contribution is -2.40. The summed E-state index contributed by atoms with van der Waals surface area (Å²) < 4.78 is 17.6. The van der Waals surface area contributed by atoms with Gasteiger partial charge in [0.2, 0.25) is 0 Å². The smallest absolute Gasteiger partial charge is 0.338 e. The largest absolute Gasteiger partial charge is 0.497 e. The number of nitro benzene ring substituents is 1. The molecule has 208 valence electrons. The summed E-state index contributed by atoms with van der Waals surface area (Å²) in [5.41, 5.74) is 1.79. The number of hydrogen-bond acceptors (Lipinski definition) is 9. The number of hydrogen-bond donors (Lipinski definition) is 0. The molecule has 11 heteroatoms. The Morgan fingerprint density at radius 1 is 1.07 bits per heavy atom. The lowest BCUT2D eigenvalue weighted by molar-refractivity contribution is -0.385. The Morgan fingerprint density at radius 3 is 2.44 bits per heavy atom. The van der Waals surface area contributed by atoms with E-state index >= 15 is 0 Å². The zero-order valence-corrected chi connectivity index (χ0v) is 23.2. The van der Waals surface area contributed by atoms with Gasteiger partial charge in [0.05, 0.1) is 47.6 Å². The van der Waals surface area contributed by atoms with Gasteiger partial charge in [-0.2, -0.15) is 0 Å². The summed E-state index contributed by atoms with van der Waals surface area (Å²) in [6, 6.07) is 19.9. The van der Waals surface area contributed by atoms with E-state index in [1.54, 1.807) is 50.4 Å². The number of thiazole rings is 1. The summed E-state index contributed by atoms with van der Waals surface area (Å²) >= 11 is 1.13. The van der Waals surface area contributed by atoms with Gasteiger partial charge in [-0.15, -0.1) is 0 Å². The van der Waals surface area contributed by atoms with Crippen molar-refractivity contribution in [3.05, 3.63) is 125 Å². The van der Waals surface area contributed by atoms with Crippen LogP contribution in [0.25, 0.3) is 11.8 Å². The normalized spacial score (nSPS) is 14.7. The summed E-state index contributed by atoms with van der Waals surface area (Å²) in [5.74, 6) is 0.142. The summed E-state index contributed by atoms with van der Waals surface area (Å²) in [6.07, 6.45) is 1.57. The lowest BCUT2D eigenvalue weighted by Gasteiger charge is -2.26. The predicted octanol–water partition coefficient (Wildman–Crippen LogP) is 3.86. The second-order valence-corrected chi connectivity index (χ2v) is 9.90. The number of nitro groups is 1. The SMILES string of the molecule is CCOC(=O)C1=C(c2ccccc2)N=c2s/c(=C\c3ccc(OC)c([N+](=O)[O-])c3)c(=O)n2[C@@H]1c1ccc(OC)cc1.